The molecule has 0 atom stereocenters. The van der Waals surface area contributed by atoms with Crippen LogP contribution in [0.1, 0.15) is 19.8 Å². The summed E-state index contributed by atoms with van der Waals surface area (Å²) in [5, 5.41) is 2.63. The van der Waals surface area contributed by atoms with Crippen molar-refractivity contribution < 1.29 is 23.9 Å². The number of para-hydroxylation sites is 3. The van der Waals surface area contributed by atoms with Gasteiger partial charge in [-0.3, -0.25) is 19.3 Å². The number of rotatable bonds is 8. The Morgan fingerprint density at radius 3 is 2.31 bits per heavy atom. The molecule has 1 fully saturated rings. The van der Waals surface area contributed by atoms with Gasteiger partial charge in [0.05, 0.1) is 5.69 Å². The predicted octanol–water partition coefficient (Wildman–Crippen LogP) is 3.01. The van der Waals surface area contributed by atoms with Crippen molar-refractivity contribution in [2.45, 2.75) is 19.8 Å². The maximum absolute atomic E-state index is 12.4. The Kier molecular flexibility index (Phi) is 6.23. The fourth-order valence-electron chi connectivity index (χ4n) is 2.81. The first-order valence-corrected chi connectivity index (χ1v) is 9.30. The number of anilines is 1. The number of carbonyl (C=O) groups excluding carboxylic acids is 4. The smallest absolute Gasteiger partial charge is 0.334 e. The zero-order chi connectivity index (χ0) is 20.8. The van der Waals surface area contributed by atoms with Crippen LogP contribution in [0.5, 0.6) is 11.5 Å². The second kappa shape index (κ2) is 9.01. The van der Waals surface area contributed by atoms with Gasteiger partial charge in [0.25, 0.3) is 0 Å². The molecule has 0 saturated carbocycles. The van der Waals surface area contributed by atoms with Gasteiger partial charge in [-0.25, -0.2) is 9.69 Å². The average molecular weight is 395 g/mol. The Labute approximate surface area is 168 Å². The molecule has 150 valence electrons. The number of amides is 5. The van der Waals surface area contributed by atoms with Crippen LogP contribution >= 0.6 is 0 Å². The van der Waals surface area contributed by atoms with Gasteiger partial charge in [0.1, 0.15) is 12.3 Å². The Hall–Kier alpha value is -3.68. The van der Waals surface area contributed by atoms with Crippen LogP contribution < -0.4 is 10.1 Å². The summed E-state index contributed by atoms with van der Waals surface area (Å²) in [6, 6.07) is 15.1. The molecule has 3 rings (SSSR count). The summed E-state index contributed by atoms with van der Waals surface area (Å²) < 4.78 is 5.78. The van der Waals surface area contributed by atoms with Crippen LogP contribution in [-0.4, -0.2) is 46.6 Å². The molecule has 5 amide bonds. The molecule has 0 spiro atoms. The fraction of sp³-hybridized carbons (Fsp3) is 0.238. The molecule has 2 aromatic carbocycles. The van der Waals surface area contributed by atoms with Gasteiger partial charge in [-0.1, -0.05) is 43.7 Å². The average Bonchev–Trinajstić information content (AvgIpc) is 2.92. The number of hydrogen-bond acceptors (Lipinski definition) is 5. The SMILES string of the molecule is CCCCN1C(=O)C(=O)N(CC(=O)Nc2ccccc2Oc2ccccc2)C1=O. The Morgan fingerprint density at radius 1 is 0.931 bits per heavy atom. The number of nitrogens with one attached hydrogen (secondary N) is 1. The minimum atomic E-state index is -0.991. The standard InChI is InChI=1S/C21H21N3O5/c1-2-3-13-23-19(26)20(27)24(21(23)28)14-18(25)22-16-11-7-8-12-17(16)29-15-9-5-4-6-10-15/h4-12H,2-3,13-14H2,1H3,(H,22,25). The van der Waals surface area contributed by atoms with Crippen molar-refractivity contribution in [1.82, 2.24) is 9.80 Å². The third kappa shape index (κ3) is 4.60. The molecule has 0 aromatic heterocycles. The van der Waals surface area contributed by atoms with Crippen LogP contribution in [0.15, 0.2) is 54.6 Å². The van der Waals surface area contributed by atoms with Crippen molar-refractivity contribution in [3.05, 3.63) is 54.6 Å². The third-order valence-corrected chi connectivity index (χ3v) is 4.30. The maximum Gasteiger partial charge on any atom is 0.334 e. The molecule has 0 unspecified atom stereocenters. The van der Waals surface area contributed by atoms with Crippen molar-refractivity contribution in [3.63, 3.8) is 0 Å². The summed E-state index contributed by atoms with van der Waals surface area (Å²) in [5.41, 5.74) is 0.384. The van der Waals surface area contributed by atoms with Gasteiger partial charge in [-0.15, -0.1) is 0 Å². The first-order chi connectivity index (χ1) is 14.0. The van der Waals surface area contributed by atoms with Gasteiger partial charge in [0.2, 0.25) is 5.91 Å². The maximum atomic E-state index is 12.4. The van der Waals surface area contributed by atoms with E-state index in [2.05, 4.69) is 5.32 Å². The van der Waals surface area contributed by atoms with E-state index < -0.39 is 30.3 Å². The molecule has 0 bridgehead atoms. The lowest BCUT2D eigenvalue weighted by Gasteiger charge is -2.16. The van der Waals surface area contributed by atoms with E-state index in [-0.39, 0.29) is 6.54 Å². The molecule has 8 nitrogen and oxygen atoms in total. The highest BCUT2D eigenvalue weighted by Gasteiger charge is 2.44. The van der Waals surface area contributed by atoms with Gasteiger partial charge in [0, 0.05) is 6.54 Å². The van der Waals surface area contributed by atoms with E-state index in [4.69, 9.17) is 4.74 Å². The van der Waals surface area contributed by atoms with Gasteiger partial charge < -0.3 is 10.1 Å². The molecular weight excluding hydrogens is 374 g/mol. The van der Waals surface area contributed by atoms with Gasteiger partial charge in [0.15, 0.2) is 5.75 Å². The van der Waals surface area contributed by atoms with Crippen LogP contribution in [0.2, 0.25) is 0 Å². The zero-order valence-electron chi connectivity index (χ0n) is 16.0. The van der Waals surface area contributed by atoms with E-state index in [9.17, 15) is 19.2 Å². The van der Waals surface area contributed by atoms with Gasteiger partial charge in [-0.2, -0.15) is 0 Å². The minimum absolute atomic E-state index is 0.159. The van der Waals surface area contributed by atoms with E-state index in [1.54, 1.807) is 36.4 Å². The number of unbranched alkanes of at least 4 members (excludes halogenated alkanes) is 1. The number of imide groups is 2. The molecular formula is C21H21N3O5. The molecule has 1 N–H and O–H groups in total. The van der Waals surface area contributed by atoms with Crippen LogP contribution in [0.25, 0.3) is 0 Å². The summed E-state index contributed by atoms with van der Waals surface area (Å²) in [5.74, 6) is -1.50. The predicted molar refractivity (Wildman–Crippen MR) is 105 cm³/mol. The van der Waals surface area contributed by atoms with Crippen molar-refractivity contribution in [3.8, 4) is 11.5 Å². The van der Waals surface area contributed by atoms with Crippen molar-refractivity contribution in [1.29, 1.82) is 0 Å². The van der Waals surface area contributed by atoms with Gasteiger partial charge in [-0.05, 0) is 30.7 Å². The molecule has 2 aromatic rings. The number of nitrogens with zero attached hydrogens (tertiary/aromatic N) is 2. The summed E-state index contributed by atoms with van der Waals surface area (Å²) >= 11 is 0. The molecule has 0 radical (unpaired) electrons. The molecule has 8 heteroatoms. The third-order valence-electron chi connectivity index (χ3n) is 4.30. The first kappa shape index (κ1) is 20.1. The van der Waals surface area contributed by atoms with E-state index in [0.717, 1.165) is 11.3 Å². The van der Waals surface area contributed by atoms with Crippen LogP contribution in [-0.2, 0) is 14.4 Å². The number of urea groups is 1. The summed E-state index contributed by atoms with van der Waals surface area (Å²) in [6.45, 7) is 1.52. The lowest BCUT2D eigenvalue weighted by atomic mass is 10.2. The monoisotopic (exact) mass is 395 g/mol. The highest BCUT2D eigenvalue weighted by Crippen LogP contribution is 2.29. The fourth-order valence-corrected chi connectivity index (χ4v) is 2.81. The van der Waals surface area contributed by atoms with Crippen molar-refractivity contribution in [2.24, 2.45) is 0 Å². The van der Waals surface area contributed by atoms with E-state index in [1.807, 2.05) is 25.1 Å². The highest BCUT2D eigenvalue weighted by atomic mass is 16.5. The molecule has 1 heterocycles. The second-order valence-corrected chi connectivity index (χ2v) is 6.44. The van der Waals surface area contributed by atoms with E-state index >= 15 is 0 Å². The highest BCUT2D eigenvalue weighted by molar-refractivity contribution is 6.45. The summed E-state index contributed by atoms with van der Waals surface area (Å²) in [4.78, 5) is 50.4. The Morgan fingerprint density at radius 2 is 1.59 bits per heavy atom. The molecule has 29 heavy (non-hydrogen) atoms. The summed E-state index contributed by atoms with van der Waals surface area (Å²) in [7, 11) is 0. The first-order valence-electron chi connectivity index (χ1n) is 9.30. The van der Waals surface area contributed by atoms with Gasteiger partial charge >= 0.3 is 17.8 Å². The number of benzene rings is 2. The minimum Gasteiger partial charge on any atom is -0.455 e. The van der Waals surface area contributed by atoms with Crippen molar-refractivity contribution >= 4 is 29.4 Å². The largest absolute Gasteiger partial charge is 0.455 e. The van der Waals surface area contributed by atoms with Crippen LogP contribution in [0.4, 0.5) is 10.5 Å². The Balaban J connectivity index is 1.68. The van der Waals surface area contributed by atoms with E-state index in [0.29, 0.717) is 28.5 Å². The normalized spacial score (nSPS) is 13.8. The van der Waals surface area contributed by atoms with E-state index in [1.165, 1.54) is 0 Å². The molecule has 1 aliphatic heterocycles. The number of ether oxygens (including phenoxy) is 1. The van der Waals surface area contributed by atoms with Crippen molar-refractivity contribution in [2.75, 3.05) is 18.4 Å². The molecule has 1 saturated heterocycles. The second-order valence-electron chi connectivity index (χ2n) is 6.44. The Bertz CT molecular complexity index is 929. The van der Waals surface area contributed by atoms with Crippen LogP contribution in [0.3, 0.4) is 0 Å². The number of hydrogen-bond donors (Lipinski definition) is 1. The molecule has 0 aliphatic carbocycles. The molecule has 1 aliphatic rings. The topological polar surface area (TPSA) is 96.0 Å². The number of carbonyl (C=O) groups is 4. The quantitative estimate of drug-likeness (QED) is 0.548. The van der Waals surface area contributed by atoms with Crippen LogP contribution in [0, 0.1) is 0 Å². The lowest BCUT2D eigenvalue weighted by Crippen LogP contribution is -2.39. The zero-order valence-corrected chi connectivity index (χ0v) is 16.0. The summed E-state index contributed by atoms with van der Waals surface area (Å²) in [6.07, 6.45) is 1.36. The lowest BCUT2D eigenvalue weighted by molar-refractivity contribution is -0.143.